The van der Waals surface area contributed by atoms with Gasteiger partial charge in [-0.05, 0) is 55.7 Å². The first-order valence-electron chi connectivity index (χ1n) is 11.0. The molecule has 0 saturated heterocycles. The number of amides is 1. The van der Waals surface area contributed by atoms with Crippen LogP contribution in [0.4, 0.5) is 5.00 Å². The summed E-state index contributed by atoms with van der Waals surface area (Å²) in [5, 5.41) is 4.01. The lowest BCUT2D eigenvalue weighted by atomic mass is 10.0. The lowest BCUT2D eigenvalue weighted by Gasteiger charge is -2.27. The van der Waals surface area contributed by atoms with Crippen LogP contribution in [0.2, 0.25) is 5.02 Å². The predicted octanol–water partition coefficient (Wildman–Crippen LogP) is 5.54. The molecule has 4 rings (SSSR count). The van der Waals surface area contributed by atoms with Gasteiger partial charge in [0.05, 0.1) is 12.7 Å². The molecule has 0 spiro atoms. The van der Waals surface area contributed by atoms with E-state index < -0.39 is 11.6 Å². The van der Waals surface area contributed by atoms with E-state index in [4.69, 9.17) is 21.1 Å². The highest BCUT2D eigenvalue weighted by atomic mass is 35.5. The van der Waals surface area contributed by atoms with Gasteiger partial charge in [0.1, 0.15) is 10.8 Å². The van der Waals surface area contributed by atoms with Crippen molar-refractivity contribution in [3.8, 4) is 5.75 Å². The highest BCUT2D eigenvalue weighted by molar-refractivity contribution is 7.17. The van der Waals surface area contributed by atoms with Crippen LogP contribution < -0.4 is 10.1 Å². The zero-order chi connectivity index (χ0) is 24.3. The van der Waals surface area contributed by atoms with Crippen LogP contribution in [0, 0.1) is 0 Å². The number of carbonyl (C=O) groups excluding carboxylic acids is 2. The molecule has 1 N–H and O–H groups in total. The van der Waals surface area contributed by atoms with Gasteiger partial charge in [0, 0.05) is 29.5 Å². The zero-order valence-electron chi connectivity index (χ0n) is 19.4. The Bertz CT molecular complexity index is 1180. The van der Waals surface area contributed by atoms with Crippen molar-refractivity contribution in [1.29, 1.82) is 0 Å². The molecule has 0 aliphatic carbocycles. The van der Waals surface area contributed by atoms with E-state index in [9.17, 15) is 9.59 Å². The summed E-state index contributed by atoms with van der Waals surface area (Å²) in [7, 11) is 1.36. The number of benzene rings is 2. The highest BCUT2D eigenvalue weighted by Crippen LogP contribution is 2.38. The topological polar surface area (TPSA) is 67.9 Å². The molecule has 2 aromatic carbocycles. The molecule has 0 bridgehead atoms. The van der Waals surface area contributed by atoms with Crippen molar-refractivity contribution in [2.24, 2.45) is 0 Å². The molecule has 0 unspecified atom stereocenters. The maximum atomic E-state index is 13.2. The number of nitrogens with one attached hydrogen (secondary N) is 1. The SMILES string of the molecule is COC(=O)c1c(NC(=O)C(C)(C)Oc2ccc(Cl)cc2)sc2c1CCN(Cc1ccccc1)C2. The van der Waals surface area contributed by atoms with E-state index in [1.54, 1.807) is 38.1 Å². The second-order valence-electron chi connectivity index (χ2n) is 8.67. The lowest BCUT2D eigenvalue weighted by Crippen LogP contribution is -2.42. The Morgan fingerprint density at radius 2 is 1.82 bits per heavy atom. The van der Waals surface area contributed by atoms with Gasteiger partial charge in [-0.3, -0.25) is 9.69 Å². The van der Waals surface area contributed by atoms with Gasteiger partial charge < -0.3 is 14.8 Å². The first kappa shape index (κ1) is 24.3. The van der Waals surface area contributed by atoms with Crippen molar-refractivity contribution >= 4 is 39.8 Å². The minimum Gasteiger partial charge on any atom is -0.478 e. The molecule has 1 aliphatic heterocycles. The third-order valence-corrected chi connectivity index (χ3v) is 7.12. The lowest BCUT2D eigenvalue weighted by molar-refractivity contribution is -0.128. The molecule has 0 radical (unpaired) electrons. The summed E-state index contributed by atoms with van der Waals surface area (Å²) in [6.07, 6.45) is 0.712. The van der Waals surface area contributed by atoms with Crippen molar-refractivity contribution in [2.75, 3.05) is 19.0 Å². The van der Waals surface area contributed by atoms with E-state index in [-0.39, 0.29) is 5.91 Å². The number of methoxy groups -OCH3 is 1. The molecule has 8 heteroatoms. The number of fused-ring (bicyclic) bond motifs is 1. The van der Waals surface area contributed by atoms with Crippen molar-refractivity contribution < 1.29 is 19.1 Å². The summed E-state index contributed by atoms with van der Waals surface area (Å²) < 4.78 is 11.0. The van der Waals surface area contributed by atoms with Crippen LogP contribution >= 0.6 is 22.9 Å². The maximum Gasteiger partial charge on any atom is 0.341 e. The summed E-state index contributed by atoms with van der Waals surface area (Å²) >= 11 is 7.36. The number of hydrogen-bond donors (Lipinski definition) is 1. The number of halogens is 1. The molecule has 1 aromatic heterocycles. The smallest absolute Gasteiger partial charge is 0.341 e. The first-order chi connectivity index (χ1) is 16.3. The molecule has 3 aromatic rings. The normalized spacial score (nSPS) is 13.8. The highest BCUT2D eigenvalue weighted by Gasteiger charge is 2.34. The fourth-order valence-corrected chi connectivity index (χ4v) is 5.34. The number of thiophene rings is 1. The van der Waals surface area contributed by atoms with E-state index in [1.807, 2.05) is 18.2 Å². The molecule has 0 saturated carbocycles. The number of carbonyl (C=O) groups is 2. The first-order valence-corrected chi connectivity index (χ1v) is 12.2. The Kier molecular flexibility index (Phi) is 7.26. The quantitative estimate of drug-likeness (QED) is 0.433. The second-order valence-corrected chi connectivity index (χ2v) is 10.2. The molecular weight excluding hydrogens is 472 g/mol. The van der Waals surface area contributed by atoms with Crippen molar-refractivity contribution in [2.45, 2.75) is 39.0 Å². The minimum absolute atomic E-state index is 0.354. The van der Waals surface area contributed by atoms with E-state index >= 15 is 0 Å². The Labute approximate surface area is 208 Å². The molecule has 0 fully saturated rings. The monoisotopic (exact) mass is 498 g/mol. The van der Waals surface area contributed by atoms with Gasteiger partial charge in [-0.2, -0.15) is 0 Å². The summed E-state index contributed by atoms with van der Waals surface area (Å²) in [5.41, 5.74) is 1.46. The number of anilines is 1. The summed E-state index contributed by atoms with van der Waals surface area (Å²) in [6, 6.07) is 17.1. The molecule has 34 heavy (non-hydrogen) atoms. The number of ether oxygens (including phenoxy) is 2. The third kappa shape index (κ3) is 5.43. The summed E-state index contributed by atoms with van der Waals surface area (Å²) in [5.74, 6) is -0.271. The third-order valence-electron chi connectivity index (χ3n) is 5.73. The number of rotatable bonds is 7. The standard InChI is InChI=1S/C26H27ClN2O4S/c1-26(2,33-19-11-9-18(27)10-12-19)25(31)28-23-22(24(30)32-3)20-13-14-29(16-21(20)34-23)15-17-7-5-4-6-8-17/h4-12H,13-16H2,1-3H3,(H,28,31). The molecule has 178 valence electrons. The molecule has 1 amide bonds. The van der Waals surface area contributed by atoms with Gasteiger partial charge in [-0.15, -0.1) is 11.3 Å². The van der Waals surface area contributed by atoms with E-state index in [2.05, 4.69) is 22.3 Å². The van der Waals surface area contributed by atoms with E-state index in [0.29, 0.717) is 34.3 Å². The molecular formula is C26H27ClN2O4S. The van der Waals surface area contributed by atoms with Crippen LogP contribution in [0.25, 0.3) is 0 Å². The van der Waals surface area contributed by atoms with Crippen molar-refractivity contribution in [3.05, 3.63) is 81.2 Å². The van der Waals surface area contributed by atoms with Gasteiger partial charge >= 0.3 is 5.97 Å². The maximum absolute atomic E-state index is 13.2. The number of esters is 1. The molecule has 6 nitrogen and oxygen atoms in total. The minimum atomic E-state index is -1.18. The Balaban J connectivity index is 1.54. The van der Waals surface area contributed by atoms with Gasteiger partial charge in [0.25, 0.3) is 5.91 Å². The summed E-state index contributed by atoms with van der Waals surface area (Å²) in [6.45, 7) is 5.73. The molecule has 2 heterocycles. The van der Waals surface area contributed by atoms with Crippen LogP contribution in [0.1, 0.15) is 40.2 Å². The Morgan fingerprint density at radius 3 is 2.50 bits per heavy atom. The van der Waals surface area contributed by atoms with Crippen molar-refractivity contribution in [3.63, 3.8) is 0 Å². The van der Waals surface area contributed by atoms with Gasteiger partial charge in [0.15, 0.2) is 5.60 Å². The van der Waals surface area contributed by atoms with Crippen LogP contribution in [0.5, 0.6) is 5.75 Å². The second kappa shape index (κ2) is 10.2. The zero-order valence-corrected chi connectivity index (χ0v) is 21.0. The average Bonchev–Trinajstić information content (AvgIpc) is 3.17. The van der Waals surface area contributed by atoms with Crippen LogP contribution in [-0.4, -0.2) is 36.0 Å². The Hall–Kier alpha value is -2.87. The van der Waals surface area contributed by atoms with Gasteiger partial charge in [-0.1, -0.05) is 41.9 Å². The van der Waals surface area contributed by atoms with Crippen LogP contribution in [0.15, 0.2) is 54.6 Å². The molecule has 1 aliphatic rings. The van der Waals surface area contributed by atoms with E-state index in [1.165, 1.54) is 24.0 Å². The number of nitrogens with zero attached hydrogens (tertiary/aromatic N) is 1. The van der Waals surface area contributed by atoms with Gasteiger partial charge in [-0.25, -0.2) is 4.79 Å². The van der Waals surface area contributed by atoms with Crippen LogP contribution in [0.3, 0.4) is 0 Å². The molecule has 0 atom stereocenters. The fraction of sp³-hybridized carbons (Fsp3) is 0.308. The Morgan fingerprint density at radius 1 is 1.12 bits per heavy atom. The van der Waals surface area contributed by atoms with Crippen LogP contribution in [-0.2, 0) is 29.0 Å². The van der Waals surface area contributed by atoms with Gasteiger partial charge in [0.2, 0.25) is 0 Å². The largest absolute Gasteiger partial charge is 0.478 e. The fourth-order valence-electron chi connectivity index (χ4n) is 3.94. The van der Waals surface area contributed by atoms with Crippen molar-refractivity contribution in [1.82, 2.24) is 4.90 Å². The summed E-state index contributed by atoms with van der Waals surface area (Å²) in [4.78, 5) is 29.2. The average molecular weight is 499 g/mol. The predicted molar refractivity (Wildman–Crippen MR) is 135 cm³/mol. The van der Waals surface area contributed by atoms with E-state index in [0.717, 1.165) is 23.5 Å². The number of hydrogen-bond acceptors (Lipinski definition) is 6.